The summed E-state index contributed by atoms with van der Waals surface area (Å²) in [5, 5.41) is 2.89. The number of benzene rings is 2. The van der Waals surface area contributed by atoms with Crippen molar-refractivity contribution in [3.8, 4) is 5.75 Å². The Balaban J connectivity index is 1.87. The summed E-state index contributed by atoms with van der Waals surface area (Å²) in [6.45, 7) is -0.0967. The van der Waals surface area contributed by atoms with Crippen molar-refractivity contribution in [1.29, 1.82) is 0 Å². The molecule has 0 unspecified atom stereocenters. The van der Waals surface area contributed by atoms with Crippen molar-refractivity contribution < 1.29 is 27.6 Å². The van der Waals surface area contributed by atoms with E-state index in [1.165, 1.54) is 38.5 Å². The number of amides is 2. The van der Waals surface area contributed by atoms with Crippen molar-refractivity contribution in [2.24, 2.45) is 0 Å². The maximum Gasteiger partial charge on any atom is 0.269 e. The topological polar surface area (TPSA) is 135 Å². The number of rotatable bonds is 8. The van der Waals surface area contributed by atoms with Crippen LogP contribution in [0, 0.1) is 0 Å². The molecule has 0 aliphatic carbocycles. The first-order valence-corrected chi connectivity index (χ1v) is 9.46. The summed E-state index contributed by atoms with van der Waals surface area (Å²) in [4.78, 5) is 30.1. The molecule has 0 saturated heterocycles. The molecule has 0 saturated carbocycles. The minimum atomic E-state index is -3.81. The van der Waals surface area contributed by atoms with Crippen LogP contribution in [0.1, 0.15) is 10.4 Å². The number of hydrogen-bond acceptors (Lipinski definition) is 7. The number of anilines is 1. The van der Waals surface area contributed by atoms with Crippen LogP contribution in [0.2, 0.25) is 0 Å². The number of para-hydroxylation sites is 2. The number of ether oxygens (including phenoxy) is 1. The van der Waals surface area contributed by atoms with E-state index in [0.29, 0.717) is 11.4 Å². The summed E-state index contributed by atoms with van der Waals surface area (Å²) in [7, 11) is -1.12. The number of carbonyl (C=O) groups excluding carboxylic acids is 2. The van der Waals surface area contributed by atoms with Crippen LogP contribution >= 0.6 is 0 Å². The number of hydrazine groups is 1. The van der Waals surface area contributed by atoms with Gasteiger partial charge in [0.05, 0.1) is 31.3 Å². The zero-order valence-electron chi connectivity index (χ0n) is 15.2. The predicted octanol–water partition coefficient (Wildman–Crippen LogP) is 0.408. The molecule has 11 heteroatoms. The molecular formula is C17H20N4O6S. The number of methoxy groups -OCH3 is 1. The van der Waals surface area contributed by atoms with Crippen LogP contribution < -0.4 is 25.8 Å². The Kier molecular flexibility index (Phi) is 7.32. The van der Waals surface area contributed by atoms with Crippen molar-refractivity contribution in [3.63, 3.8) is 0 Å². The summed E-state index contributed by atoms with van der Waals surface area (Å²) in [5.74, 6) is -0.505. The summed E-state index contributed by atoms with van der Waals surface area (Å²) >= 11 is 0. The quantitative estimate of drug-likeness (QED) is 0.465. The SMILES string of the molecule is CONS(=O)(=O)c1ccc(C(=O)NNC(=O)CNc2ccccc2OC)cc1. The molecule has 2 aromatic carbocycles. The Labute approximate surface area is 162 Å². The molecule has 0 aromatic heterocycles. The number of nitrogens with one attached hydrogen (secondary N) is 4. The fourth-order valence-corrected chi connectivity index (χ4v) is 2.96. The lowest BCUT2D eigenvalue weighted by Gasteiger charge is -2.11. The Morgan fingerprint density at radius 2 is 1.64 bits per heavy atom. The van der Waals surface area contributed by atoms with Gasteiger partial charge in [0, 0.05) is 5.56 Å². The standard InChI is InChI=1S/C17H20N4O6S/c1-26-15-6-4-3-5-14(15)18-11-16(22)19-20-17(23)12-7-9-13(10-8-12)28(24,25)21-27-2/h3-10,18,21H,11H2,1-2H3,(H,19,22)(H,20,23). The van der Waals surface area contributed by atoms with Crippen LogP contribution in [0.3, 0.4) is 0 Å². The highest BCUT2D eigenvalue weighted by Crippen LogP contribution is 2.22. The van der Waals surface area contributed by atoms with Gasteiger partial charge in [-0.15, -0.1) is 0 Å². The van der Waals surface area contributed by atoms with Crippen molar-refractivity contribution in [2.75, 3.05) is 26.1 Å². The third-order valence-corrected chi connectivity index (χ3v) is 4.76. The molecule has 2 rings (SSSR count). The molecular weight excluding hydrogens is 388 g/mol. The van der Waals surface area contributed by atoms with Gasteiger partial charge in [0.2, 0.25) is 0 Å². The molecule has 0 atom stereocenters. The second kappa shape index (κ2) is 9.69. The molecule has 0 spiro atoms. The fourth-order valence-electron chi connectivity index (χ4n) is 2.15. The molecule has 0 aliphatic heterocycles. The molecule has 0 fully saturated rings. The van der Waals surface area contributed by atoms with E-state index >= 15 is 0 Å². The van der Waals surface area contributed by atoms with Gasteiger partial charge in [0.1, 0.15) is 5.75 Å². The van der Waals surface area contributed by atoms with Gasteiger partial charge >= 0.3 is 0 Å². The average molecular weight is 408 g/mol. The molecule has 10 nitrogen and oxygen atoms in total. The highest BCUT2D eigenvalue weighted by atomic mass is 32.2. The van der Waals surface area contributed by atoms with E-state index in [-0.39, 0.29) is 17.0 Å². The zero-order valence-corrected chi connectivity index (χ0v) is 16.0. The average Bonchev–Trinajstić information content (AvgIpc) is 2.70. The van der Waals surface area contributed by atoms with Crippen molar-refractivity contribution >= 4 is 27.5 Å². The molecule has 0 aliphatic rings. The largest absolute Gasteiger partial charge is 0.495 e. The summed E-state index contributed by atoms with van der Waals surface area (Å²) < 4.78 is 28.7. The van der Waals surface area contributed by atoms with E-state index in [9.17, 15) is 18.0 Å². The first-order valence-electron chi connectivity index (χ1n) is 7.98. The van der Waals surface area contributed by atoms with Crippen molar-refractivity contribution in [1.82, 2.24) is 15.7 Å². The number of carbonyl (C=O) groups is 2. The second-order valence-corrected chi connectivity index (χ2v) is 7.02. The smallest absolute Gasteiger partial charge is 0.269 e. The van der Waals surface area contributed by atoms with E-state index in [2.05, 4.69) is 21.0 Å². The fraction of sp³-hybridized carbons (Fsp3) is 0.176. The Bertz CT molecular complexity index is 931. The first kappa shape index (κ1) is 21.2. The molecule has 150 valence electrons. The first-order chi connectivity index (χ1) is 13.4. The molecule has 28 heavy (non-hydrogen) atoms. The van der Waals surface area contributed by atoms with Crippen LogP contribution in [0.4, 0.5) is 5.69 Å². The predicted molar refractivity (Wildman–Crippen MR) is 101 cm³/mol. The highest BCUT2D eigenvalue weighted by Gasteiger charge is 2.15. The van der Waals surface area contributed by atoms with Gasteiger partial charge in [-0.05, 0) is 36.4 Å². The van der Waals surface area contributed by atoms with Gasteiger partial charge in [-0.2, -0.15) is 0 Å². The molecule has 0 bridgehead atoms. The van der Waals surface area contributed by atoms with Crippen LogP contribution in [0.25, 0.3) is 0 Å². The third-order valence-electron chi connectivity index (χ3n) is 3.48. The maximum absolute atomic E-state index is 12.1. The van der Waals surface area contributed by atoms with Crippen LogP contribution in [-0.2, 0) is 19.7 Å². The lowest BCUT2D eigenvalue weighted by atomic mass is 10.2. The highest BCUT2D eigenvalue weighted by molar-refractivity contribution is 7.89. The lowest BCUT2D eigenvalue weighted by Crippen LogP contribution is -2.44. The second-order valence-electron chi connectivity index (χ2n) is 5.37. The molecule has 2 aromatic rings. The monoisotopic (exact) mass is 408 g/mol. The van der Waals surface area contributed by atoms with Gasteiger partial charge < -0.3 is 10.1 Å². The molecule has 0 heterocycles. The summed E-state index contributed by atoms with van der Waals surface area (Å²) in [6, 6.07) is 12.2. The minimum absolute atomic E-state index is 0.0732. The van der Waals surface area contributed by atoms with Gasteiger partial charge in [-0.1, -0.05) is 17.0 Å². The molecule has 4 N–H and O–H groups in total. The third kappa shape index (κ3) is 5.67. The normalized spacial score (nSPS) is 10.8. The Morgan fingerprint density at radius 3 is 2.29 bits per heavy atom. The Hall–Kier alpha value is -3.15. The molecule has 2 amide bonds. The van der Waals surface area contributed by atoms with Crippen LogP contribution in [0.5, 0.6) is 5.75 Å². The van der Waals surface area contributed by atoms with Gasteiger partial charge in [0.25, 0.3) is 21.8 Å². The van der Waals surface area contributed by atoms with Crippen LogP contribution in [-0.4, -0.2) is 41.0 Å². The van der Waals surface area contributed by atoms with E-state index in [1.54, 1.807) is 24.3 Å². The minimum Gasteiger partial charge on any atom is -0.495 e. The lowest BCUT2D eigenvalue weighted by molar-refractivity contribution is -0.120. The van der Waals surface area contributed by atoms with E-state index in [0.717, 1.165) is 0 Å². The Morgan fingerprint density at radius 1 is 0.964 bits per heavy atom. The maximum atomic E-state index is 12.1. The van der Waals surface area contributed by atoms with Gasteiger partial charge in [-0.25, -0.2) is 8.42 Å². The van der Waals surface area contributed by atoms with E-state index in [4.69, 9.17) is 4.74 Å². The van der Waals surface area contributed by atoms with Gasteiger partial charge in [-0.3, -0.25) is 25.3 Å². The van der Waals surface area contributed by atoms with E-state index in [1.807, 2.05) is 4.89 Å². The van der Waals surface area contributed by atoms with E-state index < -0.39 is 21.8 Å². The zero-order chi connectivity index (χ0) is 20.6. The summed E-state index contributed by atoms with van der Waals surface area (Å²) in [6.07, 6.45) is 0. The summed E-state index contributed by atoms with van der Waals surface area (Å²) in [5.41, 5.74) is 5.30. The van der Waals surface area contributed by atoms with Gasteiger partial charge in [0.15, 0.2) is 0 Å². The van der Waals surface area contributed by atoms with Crippen LogP contribution in [0.15, 0.2) is 53.4 Å². The number of hydrogen-bond donors (Lipinski definition) is 4. The number of sulfonamides is 1. The van der Waals surface area contributed by atoms with Crippen molar-refractivity contribution in [3.05, 3.63) is 54.1 Å². The van der Waals surface area contributed by atoms with Crippen molar-refractivity contribution in [2.45, 2.75) is 4.90 Å². The molecule has 0 radical (unpaired) electrons.